The molecule has 8 heteroatoms. The predicted molar refractivity (Wildman–Crippen MR) is 133 cm³/mol. The smallest absolute Gasteiger partial charge is 0.368 e. The van der Waals surface area contributed by atoms with Crippen molar-refractivity contribution in [3.63, 3.8) is 0 Å². The summed E-state index contributed by atoms with van der Waals surface area (Å²) in [4.78, 5) is 0. The van der Waals surface area contributed by atoms with Crippen LogP contribution in [0.5, 0.6) is 0 Å². The van der Waals surface area contributed by atoms with Gasteiger partial charge in [0.05, 0.1) is 0 Å². The molecule has 2 aliphatic rings. The summed E-state index contributed by atoms with van der Waals surface area (Å²) in [5, 5.41) is 39.4. The van der Waals surface area contributed by atoms with Crippen LogP contribution >= 0.6 is 8.25 Å². The van der Waals surface area contributed by atoms with Gasteiger partial charge in [-0.05, 0) is 73.0 Å². The third-order valence-electron chi connectivity index (χ3n) is 8.74. The number of hydrogen-bond acceptors (Lipinski definition) is 7. The Morgan fingerprint density at radius 3 is 1.24 bits per heavy atom. The van der Waals surface area contributed by atoms with Crippen molar-refractivity contribution in [3.8, 4) is 0 Å². The molecule has 0 spiro atoms. The lowest BCUT2D eigenvalue weighted by Gasteiger charge is -2.44. The van der Waals surface area contributed by atoms with Gasteiger partial charge in [-0.2, -0.15) is 0 Å². The second-order valence-electron chi connectivity index (χ2n) is 12.2. The standard InChI is InChI=1S/C26H50O7P/c1-13(2)23-19(17(7)25(27)28)9-15(5)11-21(23)32-34(31)33-22-12-16(6)10-20(18(8)26(29)30)24(22)14(3)4/h13-30H,9-12H2,1-8H3/q+1/t15-,16-,17?,18?,19?,20?,21?,22?,23-,24-/m0/s1. The van der Waals surface area contributed by atoms with Crippen molar-refractivity contribution >= 4 is 8.25 Å². The van der Waals surface area contributed by atoms with E-state index in [1.807, 2.05) is 13.8 Å². The molecule has 4 N–H and O–H groups in total. The molecular weight excluding hydrogens is 455 g/mol. The molecule has 6 unspecified atom stereocenters. The van der Waals surface area contributed by atoms with Crippen LogP contribution in [0.2, 0.25) is 0 Å². The first-order valence-electron chi connectivity index (χ1n) is 13.3. The Kier molecular flexibility index (Phi) is 11.4. The van der Waals surface area contributed by atoms with Crippen LogP contribution in [0.1, 0.15) is 81.1 Å². The maximum atomic E-state index is 13.3. The van der Waals surface area contributed by atoms with Crippen molar-refractivity contribution in [1.29, 1.82) is 0 Å². The van der Waals surface area contributed by atoms with Gasteiger partial charge < -0.3 is 20.4 Å². The molecule has 10 atom stereocenters. The Morgan fingerprint density at radius 2 is 0.971 bits per heavy atom. The van der Waals surface area contributed by atoms with E-state index >= 15 is 0 Å². The van der Waals surface area contributed by atoms with Crippen LogP contribution in [0.3, 0.4) is 0 Å². The Labute approximate surface area is 207 Å². The highest BCUT2D eigenvalue weighted by Gasteiger charge is 2.50. The first-order valence-corrected chi connectivity index (χ1v) is 14.4. The van der Waals surface area contributed by atoms with Crippen LogP contribution < -0.4 is 0 Å². The Hall–Kier alpha value is -0.140. The monoisotopic (exact) mass is 505 g/mol. The molecule has 200 valence electrons. The summed E-state index contributed by atoms with van der Waals surface area (Å²) in [7, 11) is -2.37. The van der Waals surface area contributed by atoms with E-state index in [0.717, 1.165) is 25.7 Å². The zero-order chi connectivity index (χ0) is 25.9. The minimum atomic E-state index is -2.37. The molecule has 0 heterocycles. The highest BCUT2D eigenvalue weighted by Crippen LogP contribution is 2.50. The number of aliphatic hydroxyl groups excluding tert-OH is 2. The lowest BCUT2D eigenvalue weighted by Crippen LogP contribution is -2.45. The van der Waals surface area contributed by atoms with E-state index in [2.05, 4.69) is 41.5 Å². The van der Waals surface area contributed by atoms with Gasteiger partial charge in [-0.3, -0.25) is 0 Å². The van der Waals surface area contributed by atoms with Crippen molar-refractivity contribution in [2.45, 2.75) is 106 Å². The summed E-state index contributed by atoms with van der Waals surface area (Å²) >= 11 is 0. The molecule has 0 aliphatic heterocycles. The third-order valence-corrected chi connectivity index (χ3v) is 9.63. The average molecular weight is 506 g/mol. The van der Waals surface area contributed by atoms with E-state index in [1.165, 1.54) is 0 Å². The van der Waals surface area contributed by atoms with Crippen LogP contribution in [-0.2, 0) is 13.6 Å². The summed E-state index contributed by atoms with van der Waals surface area (Å²) in [6, 6.07) is 0. The lowest BCUT2D eigenvalue weighted by atomic mass is 9.64. The van der Waals surface area contributed by atoms with Gasteiger partial charge in [0, 0.05) is 16.4 Å². The van der Waals surface area contributed by atoms with E-state index in [-0.39, 0.29) is 59.6 Å². The van der Waals surface area contributed by atoms with Crippen molar-refractivity contribution < 1.29 is 34.0 Å². The minimum absolute atomic E-state index is 0.0547. The van der Waals surface area contributed by atoms with Gasteiger partial charge in [0.25, 0.3) is 0 Å². The Morgan fingerprint density at radius 1 is 0.647 bits per heavy atom. The molecule has 0 amide bonds. The summed E-state index contributed by atoms with van der Waals surface area (Å²) in [5.74, 6) is 0.764. The molecular formula is C26H50O7P+. The van der Waals surface area contributed by atoms with Gasteiger partial charge in [-0.1, -0.05) is 55.4 Å². The molecule has 0 aromatic carbocycles. The molecule has 2 fully saturated rings. The van der Waals surface area contributed by atoms with Crippen molar-refractivity contribution in [2.75, 3.05) is 0 Å². The van der Waals surface area contributed by atoms with Crippen LogP contribution in [0, 0.1) is 59.2 Å². The summed E-state index contributed by atoms with van der Waals surface area (Å²) < 4.78 is 25.5. The number of aliphatic hydroxyl groups is 4. The fourth-order valence-corrected chi connectivity index (χ4v) is 7.93. The highest BCUT2D eigenvalue weighted by atomic mass is 31.1. The fourth-order valence-electron chi connectivity index (χ4n) is 6.99. The topological polar surface area (TPSA) is 116 Å². The quantitative estimate of drug-likeness (QED) is 0.245. The molecule has 0 radical (unpaired) electrons. The Balaban J connectivity index is 2.19. The van der Waals surface area contributed by atoms with E-state index in [1.54, 1.807) is 0 Å². The van der Waals surface area contributed by atoms with E-state index < -0.39 is 20.8 Å². The molecule has 0 aromatic rings. The molecule has 2 rings (SSSR count). The predicted octanol–water partition coefficient (Wildman–Crippen LogP) is 4.94. The first-order chi connectivity index (χ1) is 15.7. The van der Waals surface area contributed by atoms with E-state index in [4.69, 9.17) is 9.05 Å². The maximum Gasteiger partial charge on any atom is 0.697 e. The van der Waals surface area contributed by atoms with Gasteiger partial charge in [-0.15, -0.1) is 9.05 Å². The maximum absolute atomic E-state index is 13.3. The highest BCUT2D eigenvalue weighted by molar-refractivity contribution is 7.33. The second kappa shape index (κ2) is 12.9. The van der Waals surface area contributed by atoms with Gasteiger partial charge in [0.2, 0.25) is 0 Å². The zero-order valence-electron chi connectivity index (χ0n) is 22.4. The molecule has 2 aliphatic carbocycles. The fraction of sp³-hybridized carbons (Fsp3) is 1.00. The third kappa shape index (κ3) is 7.44. The van der Waals surface area contributed by atoms with Crippen LogP contribution in [0.25, 0.3) is 0 Å². The number of hydrogen-bond donors (Lipinski definition) is 4. The summed E-state index contributed by atoms with van der Waals surface area (Å²) in [6.45, 7) is 16.4. The number of rotatable bonds is 10. The van der Waals surface area contributed by atoms with Crippen molar-refractivity contribution in [2.24, 2.45) is 59.2 Å². The molecule has 2 saturated carbocycles. The minimum Gasteiger partial charge on any atom is -0.368 e. The van der Waals surface area contributed by atoms with Gasteiger partial charge >= 0.3 is 8.25 Å². The van der Waals surface area contributed by atoms with Crippen molar-refractivity contribution in [1.82, 2.24) is 0 Å². The van der Waals surface area contributed by atoms with Crippen LogP contribution in [0.4, 0.5) is 0 Å². The molecule has 0 saturated heterocycles. The lowest BCUT2D eigenvalue weighted by molar-refractivity contribution is -0.129. The van der Waals surface area contributed by atoms with Crippen LogP contribution in [-0.4, -0.2) is 45.2 Å². The molecule has 0 aromatic heterocycles. The van der Waals surface area contributed by atoms with Gasteiger partial charge in [0.15, 0.2) is 12.6 Å². The normalized spacial score (nSPS) is 37.5. The SMILES string of the molecule is CC(C(O)O)C1C[C@H](C)CC(O[P+](=O)OC2C[C@@H](C)CC(C(C)C(O)O)[C@@H]2C(C)C)[C@H]1C(C)C. The summed E-state index contributed by atoms with van der Waals surface area (Å²) in [5.41, 5.74) is 0. The van der Waals surface area contributed by atoms with Gasteiger partial charge in [0.1, 0.15) is 12.2 Å². The molecule has 7 nitrogen and oxygen atoms in total. The first kappa shape index (κ1) is 30.1. The molecule has 34 heavy (non-hydrogen) atoms. The Bertz CT molecular complexity index is 589. The average Bonchev–Trinajstić information content (AvgIpc) is 2.70. The molecule has 0 bridgehead atoms. The van der Waals surface area contributed by atoms with E-state index in [0.29, 0.717) is 11.8 Å². The van der Waals surface area contributed by atoms with Crippen LogP contribution in [0.15, 0.2) is 0 Å². The second-order valence-corrected chi connectivity index (χ2v) is 13.0. The van der Waals surface area contributed by atoms with Crippen molar-refractivity contribution in [3.05, 3.63) is 0 Å². The van der Waals surface area contributed by atoms with E-state index in [9.17, 15) is 25.0 Å². The largest absolute Gasteiger partial charge is 0.697 e. The summed E-state index contributed by atoms with van der Waals surface area (Å²) in [6.07, 6.45) is -0.0176. The van der Waals surface area contributed by atoms with Gasteiger partial charge in [-0.25, -0.2) is 0 Å². The zero-order valence-corrected chi connectivity index (χ0v) is 23.3.